The van der Waals surface area contributed by atoms with Crippen molar-refractivity contribution in [2.45, 2.75) is 73.1 Å². The number of rotatable bonds is 5. The van der Waals surface area contributed by atoms with Gasteiger partial charge in [0.2, 0.25) is 11.8 Å². The normalized spacial score (nSPS) is 17.4. The molecule has 3 aromatic rings. The van der Waals surface area contributed by atoms with E-state index >= 15 is 4.39 Å². The summed E-state index contributed by atoms with van der Waals surface area (Å²) in [7, 11) is 1.82. The lowest BCUT2D eigenvalue weighted by atomic mass is 9.95. The minimum atomic E-state index is -0.316. The highest BCUT2D eigenvalue weighted by Gasteiger charge is 2.26. The average Bonchev–Trinajstić information content (AvgIpc) is 3.38. The van der Waals surface area contributed by atoms with Gasteiger partial charge in [0.05, 0.1) is 29.6 Å². The Morgan fingerprint density at radius 2 is 1.95 bits per heavy atom. The maximum atomic E-state index is 15.3. The molecule has 0 aliphatic carbocycles. The highest BCUT2D eigenvalue weighted by Crippen LogP contribution is 2.36. The van der Waals surface area contributed by atoms with Gasteiger partial charge in [-0.25, -0.2) is 9.07 Å². The zero-order chi connectivity index (χ0) is 27.6. The average molecular weight is 522 g/mol. The van der Waals surface area contributed by atoms with Crippen LogP contribution in [-0.2, 0) is 20.1 Å². The van der Waals surface area contributed by atoms with Crippen LogP contribution in [0.2, 0.25) is 0 Å². The minimum absolute atomic E-state index is 0.0635. The first-order valence-electron chi connectivity index (χ1n) is 13.5. The molecular weight excluding hydrogens is 481 g/mol. The summed E-state index contributed by atoms with van der Waals surface area (Å²) in [4.78, 5) is 2.39. The van der Waals surface area contributed by atoms with Crippen molar-refractivity contribution in [1.82, 2.24) is 24.5 Å². The van der Waals surface area contributed by atoms with Gasteiger partial charge in [-0.1, -0.05) is 19.6 Å². The third-order valence-corrected chi connectivity index (χ3v) is 7.09. The second-order valence-electron chi connectivity index (χ2n) is 10.2. The summed E-state index contributed by atoms with van der Waals surface area (Å²) in [5, 5.41) is 9.23. The fourth-order valence-electron chi connectivity index (χ4n) is 5.06. The molecule has 0 spiro atoms. The number of hydrogen-bond acceptors (Lipinski definition) is 5. The number of allylic oxidation sites excluding steroid dienone is 2. The summed E-state index contributed by atoms with van der Waals surface area (Å²) in [6.45, 7) is 19.3. The van der Waals surface area contributed by atoms with E-state index in [2.05, 4.69) is 49.0 Å². The van der Waals surface area contributed by atoms with Gasteiger partial charge in [-0.15, -0.1) is 5.10 Å². The van der Waals surface area contributed by atoms with Crippen molar-refractivity contribution < 1.29 is 13.9 Å². The molecule has 0 N–H and O–H groups in total. The first-order chi connectivity index (χ1) is 18.2. The van der Waals surface area contributed by atoms with Crippen LogP contribution in [0.25, 0.3) is 22.8 Å². The van der Waals surface area contributed by atoms with Gasteiger partial charge in [-0.2, -0.15) is 5.10 Å². The Balaban J connectivity index is 1.93. The van der Waals surface area contributed by atoms with E-state index in [1.807, 2.05) is 39.1 Å². The Morgan fingerprint density at radius 1 is 1.18 bits per heavy atom. The molecule has 1 unspecified atom stereocenters. The number of benzene rings is 1. The molecule has 0 fully saturated rings. The van der Waals surface area contributed by atoms with Gasteiger partial charge < -0.3 is 9.47 Å². The van der Waals surface area contributed by atoms with Gasteiger partial charge in [-0.3, -0.25) is 9.58 Å². The second-order valence-corrected chi connectivity index (χ2v) is 10.2. The van der Waals surface area contributed by atoms with E-state index in [1.165, 1.54) is 0 Å². The van der Waals surface area contributed by atoms with Crippen molar-refractivity contribution in [1.29, 1.82) is 0 Å². The molecule has 1 aliphatic rings. The summed E-state index contributed by atoms with van der Waals surface area (Å²) < 4.78 is 31.4. The lowest BCUT2D eigenvalue weighted by molar-refractivity contribution is 0.102. The van der Waals surface area contributed by atoms with Crippen molar-refractivity contribution in [2.75, 3.05) is 13.2 Å². The van der Waals surface area contributed by atoms with Gasteiger partial charge in [0.15, 0.2) is 0 Å². The van der Waals surface area contributed by atoms with Gasteiger partial charge in [0.25, 0.3) is 0 Å². The first kappa shape index (κ1) is 27.6. The second kappa shape index (κ2) is 11.6. The monoisotopic (exact) mass is 521 g/mol. The molecule has 4 rings (SSSR count). The number of aromatic nitrogens is 4. The molecule has 7 nitrogen and oxygen atoms in total. The fourth-order valence-corrected chi connectivity index (χ4v) is 5.06. The standard InChI is InChI=1S/C30H40FN5O2/c1-9-13-36-28-17-35(19(3)4)22(7)18-38-30-26(16-32-34(30)8)25-15-24(21(6)14-27(25)31)20(5)11-12-23(28)29(33-36)37-10-2/h11-12,14-16,19,22H,5,9-10,13,17-18H2,1-4,6-8H3/b12-11+. The molecule has 1 aliphatic heterocycles. The van der Waals surface area contributed by atoms with Gasteiger partial charge in [-0.05, 0) is 75.9 Å². The Kier molecular flexibility index (Phi) is 8.41. The molecule has 0 saturated heterocycles. The van der Waals surface area contributed by atoms with Crippen LogP contribution in [0.5, 0.6) is 11.8 Å². The fraction of sp³-hybridized carbons (Fsp3) is 0.467. The van der Waals surface area contributed by atoms with E-state index in [4.69, 9.17) is 14.6 Å². The van der Waals surface area contributed by atoms with Crippen LogP contribution < -0.4 is 9.47 Å². The molecule has 0 saturated carbocycles. The van der Waals surface area contributed by atoms with Crippen molar-refractivity contribution in [3.05, 3.63) is 59.2 Å². The maximum Gasteiger partial charge on any atom is 0.240 e. The van der Waals surface area contributed by atoms with E-state index in [1.54, 1.807) is 16.9 Å². The Hall–Kier alpha value is -3.39. The predicted octanol–water partition coefficient (Wildman–Crippen LogP) is 6.26. The topological polar surface area (TPSA) is 57.3 Å². The van der Waals surface area contributed by atoms with Crippen LogP contribution in [-0.4, -0.2) is 49.8 Å². The van der Waals surface area contributed by atoms with Crippen molar-refractivity contribution >= 4 is 11.6 Å². The smallest absolute Gasteiger partial charge is 0.240 e. The number of halogens is 1. The summed E-state index contributed by atoms with van der Waals surface area (Å²) in [5.74, 6) is 0.844. The molecule has 3 heterocycles. The lowest BCUT2D eigenvalue weighted by Crippen LogP contribution is -2.42. The third-order valence-electron chi connectivity index (χ3n) is 7.09. The number of fused-ring (bicyclic) bond motifs is 5. The summed E-state index contributed by atoms with van der Waals surface area (Å²) in [5.41, 5.74) is 5.55. The van der Waals surface area contributed by atoms with Crippen LogP contribution in [0.15, 0.2) is 31.0 Å². The van der Waals surface area contributed by atoms with E-state index in [0.717, 1.165) is 40.9 Å². The molecule has 2 bridgehead atoms. The molecule has 0 radical (unpaired) electrons. The largest absolute Gasteiger partial charge is 0.476 e. The quantitative estimate of drug-likeness (QED) is 0.397. The van der Waals surface area contributed by atoms with Crippen LogP contribution in [0.1, 0.15) is 63.4 Å². The van der Waals surface area contributed by atoms with E-state index in [0.29, 0.717) is 42.6 Å². The van der Waals surface area contributed by atoms with E-state index < -0.39 is 0 Å². The number of ether oxygens (including phenoxy) is 2. The number of aryl methyl sites for hydroxylation is 3. The first-order valence-corrected chi connectivity index (χ1v) is 13.5. The van der Waals surface area contributed by atoms with Crippen LogP contribution in [0.3, 0.4) is 0 Å². The molecule has 8 heteroatoms. The third kappa shape index (κ3) is 5.41. The van der Waals surface area contributed by atoms with Crippen molar-refractivity contribution in [2.24, 2.45) is 7.05 Å². The Bertz CT molecular complexity index is 1340. The molecule has 38 heavy (non-hydrogen) atoms. The van der Waals surface area contributed by atoms with E-state index in [9.17, 15) is 0 Å². The summed E-state index contributed by atoms with van der Waals surface area (Å²) >= 11 is 0. The predicted molar refractivity (Wildman–Crippen MR) is 151 cm³/mol. The highest BCUT2D eigenvalue weighted by molar-refractivity contribution is 5.83. The van der Waals surface area contributed by atoms with Gasteiger partial charge in [0.1, 0.15) is 12.4 Å². The van der Waals surface area contributed by atoms with Crippen LogP contribution in [0.4, 0.5) is 4.39 Å². The molecular formula is C30H40FN5O2. The molecule has 204 valence electrons. The van der Waals surface area contributed by atoms with E-state index in [-0.39, 0.29) is 17.9 Å². The van der Waals surface area contributed by atoms with Gasteiger partial charge in [0, 0.05) is 37.8 Å². The van der Waals surface area contributed by atoms with Crippen LogP contribution in [0, 0.1) is 12.7 Å². The highest BCUT2D eigenvalue weighted by atomic mass is 19.1. The SMILES string of the molecule is C=C1/C=C/c2c(OCC)nn(CCC)c2CN(C(C)C)C(C)COc2c(cnn2C)-c2cc1c(C)cc2F. The molecule has 1 atom stereocenters. The zero-order valence-corrected chi connectivity index (χ0v) is 23.7. The number of nitrogens with zero attached hydrogens (tertiary/aromatic N) is 5. The van der Waals surface area contributed by atoms with Crippen molar-refractivity contribution in [3.63, 3.8) is 0 Å². The van der Waals surface area contributed by atoms with Crippen LogP contribution >= 0.6 is 0 Å². The molecule has 2 aromatic heterocycles. The Labute approximate surface area is 225 Å². The van der Waals surface area contributed by atoms with Crippen molar-refractivity contribution in [3.8, 4) is 22.9 Å². The maximum absolute atomic E-state index is 15.3. The lowest BCUT2D eigenvalue weighted by Gasteiger charge is -2.33. The summed E-state index contributed by atoms with van der Waals surface area (Å²) in [6.07, 6.45) is 6.64. The Morgan fingerprint density at radius 3 is 2.63 bits per heavy atom. The summed E-state index contributed by atoms with van der Waals surface area (Å²) in [6, 6.07) is 3.71. The minimum Gasteiger partial charge on any atom is -0.476 e. The number of hydrogen-bond donors (Lipinski definition) is 0. The van der Waals surface area contributed by atoms with Gasteiger partial charge >= 0.3 is 0 Å². The zero-order valence-electron chi connectivity index (χ0n) is 23.7. The molecule has 1 aromatic carbocycles. The molecule has 0 amide bonds.